The summed E-state index contributed by atoms with van der Waals surface area (Å²) in [5, 5.41) is 0. The minimum atomic E-state index is -4.47. The summed E-state index contributed by atoms with van der Waals surface area (Å²) in [6.45, 7) is 0. The standard InChI is InChI=1S/C8H8F3NO2S2/c1-15-12-16(13,14)7-4-2-6(3-5-7)8(9,10)11/h2-5,15H,1H3. The lowest BCUT2D eigenvalue weighted by Crippen LogP contribution is -2.05. The molecule has 1 aromatic rings. The zero-order valence-electron chi connectivity index (χ0n) is 8.06. The van der Waals surface area contributed by atoms with Gasteiger partial charge in [0.15, 0.2) is 0 Å². The molecule has 16 heavy (non-hydrogen) atoms. The van der Waals surface area contributed by atoms with Crippen LogP contribution in [0.25, 0.3) is 0 Å². The first kappa shape index (κ1) is 13.2. The number of nitrogens with zero attached hydrogens (tertiary/aromatic N) is 1. The fourth-order valence-electron chi connectivity index (χ4n) is 0.971. The number of hydrogen-bond acceptors (Lipinski definition) is 2. The average molecular weight is 271 g/mol. The molecule has 3 nitrogen and oxygen atoms in total. The smallest absolute Gasteiger partial charge is 0.199 e. The number of thiol groups is 1. The monoisotopic (exact) mass is 271 g/mol. The van der Waals surface area contributed by atoms with Crippen molar-refractivity contribution < 1.29 is 21.6 Å². The van der Waals surface area contributed by atoms with Crippen LogP contribution in [0.2, 0.25) is 0 Å². The lowest BCUT2D eigenvalue weighted by atomic mass is 10.2. The molecule has 0 aliphatic rings. The Morgan fingerprint density at radius 1 is 1.19 bits per heavy atom. The molecule has 0 unspecified atom stereocenters. The van der Waals surface area contributed by atoms with E-state index in [-0.39, 0.29) is 16.5 Å². The number of benzene rings is 1. The summed E-state index contributed by atoms with van der Waals surface area (Å²) >= 11 is 0.282. The van der Waals surface area contributed by atoms with Gasteiger partial charge in [-0.2, -0.15) is 21.6 Å². The second kappa shape index (κ2) is 4.54. The first-order chi connectivity index (χ1) is 7.27. The third kappa shape index (κ3) is 3.05. The van der Waals surface area contributed by atoms with E-state index in [1.54, 1.807) is 0 Å². The van der Waals surface area contributed by atoms with Crippen LogP contribution < -0.4 is 0 Å². The van der Waals surface area contributed by atoms with Crippen molar-refractivity contribution >= 4 is 21.6 Å². The molecule has 0 amide bonds. The van der Waals surface area contributed by atoms with Crippen LogP contribution in [-0.2, 0) is 27.8 Å². The van der Waals surface area contributed by atoms with Gasteiger partial charge in [-0.1, -0.05) is 11.6 Å². The van der Waals surface area contributed by atoms with Gasteiger partial charge in [0.05, 0.1) is 10.5 Å². The van der Waals surface area contributed by atoms with Crippen LogP contribution in [0.15, 0.2) is 32.9 Å². The molecule has 1 aromatic carbocycles. The van der Waals surface area contributed by atoms with Crippen molar-refractivity contribution in [2.45, 2.75) is 11.1 Å². The SMILES string of the molecule is C[SH]=NS(=O)(=O)c1ccc(C(F)(F)F)cc1. The van der Waals surface area contributed by atoms with Crippen LogP contribution in [-0.4, -0.2) is 14.7 Å². The zero-order chi connectivity index (χ0) is 12.4. The summed E-state index contributed by atoms with van der Waals surface area (Å²) < 4.78 is 62.5. The summed E-state index contributed by atoms with van der Waals surface area (Å²) in [4.78, 5) is -0.241. The number of alkyl halides is 3. The molecule has 1 rings (SSSR count). The predicted molar refractivity (Wildman–Crippen MR) is 55.7 cm³/mol. The van der Waals surface area contributed by atoms with Gasteiger partial charge in [-0.3, -0.25) is 0 Å². The van der Waals surface area contributed by atoms with Gasteiger partial charge in [0.1, 0.15) is 0 Å². The molecule has 0 aromatic heterocycles. The lowest BCUT2D eigenvalue weighted by molar-refractivity contribution is -0.137. The van der Waals surface area contributed by atoms with Gasteiger partial charge in [0, 0.05) is 0 Å². The Hall–Kier alpha value is -0.890. The molecule has 8 heteroatoms. The highest BCUT2D eigenvalue weighted by Gasteiger charge is 2.30. The quantitative estimate of drug-likeness (QED) is 0.836. The van der Waals surface area contributed by atoms with Crippen molar-refractivity contribution in [2.75, 3.05) is 6.26 Å². The van der Waals surface area contributed by atoms with Crippen molar-refractivity contribution in [3.63, 3.8) is 0 Å². The topological polar surface area (TPSA) is 46.5 Å². The Morgan fingerprint density at radius 2 is 1.69 bits per heavy atom. The zero-order valence-corrected chi connectivity index (χ0v) is 9.77. The van der Waals surface area contributed by atoms with Crippen molar-refractivity contribution in [1.82, 2.24) is 0 Å². The van der Waals surface area contributed by atoms with E-state index in [2.05, 4.69) is 3.77 Å². The summed E-state index contributed by atoms with van der Waals surface area (Å²) in [5.41, 5.74) is -0.888. The summed E-state index contributed by atoms with van der Waals surface area (Å²) in [7, 11) is -3.83. The molecule has 0 saturated heterocycles. The lowest BCUT2D eigenvalue weighted by Gasteiger charge is -2.06. The van der Waals surface area contributed by atoms with Crippen molar-refractivity contribution in [3.05, 3.63) is 29.8 Å². The molecule has 0 radical (unpaired) electrons. The van der Waals surface area contributed by atoms with Gasteiger partial charge < -0.3 is 0 Å². The molecule has 0 bridgehead atoms. The Kier molecular flexibility index (Phi) is 3.74. The second-order valence-electron chi connectivity index (χ2n) is 2.78. The van der Waals surface area contributed by atoms with E-state index in [9.17, 15) is 21.6 Å². The van der Waals surface area contributed by atoms with E-state index in [0.717, 1.165) is 24.3 Å². The number of rotatable bonds is 2. The van der Waals surface area contributed by atoms with Crippen LogP contribution in [0.5, 0.6) is 0 Å². The van der Waals surface area contributed by atoms with Gasteiger partial charge in [-0.25, -0.2) is 0 Å². The highest BCUT2D eigenvalue weighted by molar-refractivity contribution is 7.94. The second-order valence-corrected chi connectivity index (χ2v) is 5.25. The molecule has 0 atom stereocenters. The van der Waals surface area contributed by atoms with Gasteiger partial charge >= 0.3 is 6.18 Å². The minimum Gasteiger partial charge on any atom is -0.199 e. The van der Waals surface area contributed by atoms with Gasteiger partial charge in [-0.15, -0.1) is 3.77 Å². The van der Waals surface area contributed by atoms with Gasteiger partial charge in [-0.05, 0) is 30.5 Å². The van der Waals surface area contributed by atoms with E-state index >= 15 is 0 Å². The van der Waals surface area contributed by atoms with Crippen molar-refractivity contribution in [3.8, 4) is 0 Å². The molecule has 0 spiro atoms. The van der Waals surface area contributed by atoms with Crippen molar-refractivity contribution in [1.29, 1.82) is 0 Å². The fraction of sp³-hybridized carbons (Fsp3) is 0.250. The molecule has 0 heterocycles. The van der Waals surface area contributed by atoms with E-state index < -0.39 is 21.8 Å². The van der Waals surface area contributed by atoms with Crippen LogP contribution >= 0.6 is 0 Å². The third-order valence-corrected chi connectivity index (χ3v) is 4.05. The van der Waals surface area contributed by atoms with E-state index in [0.29, 0.717) is 0 Å². The Labute approximate surface area is 94.5 Å². The normalized spacial score (nSPS) is 13.8. The molecule has 0 fully saturated rings. The molecular formula is C8H8F3NO2S2. The minimum absolute atomic E-state index is 0.241. The van der Waals surface area contributed by atoms with E-state index in [4.69, 9.17) is 0 Å². The van der Waals surface area contributed by atoms with Gasteiger partial charge in [0.25, 0.3) is 10.0 Å². The molecular weight excluding hydrogens is 263 g/mol. The predicted octanol–water partition coefficient (Wildman–Crippen LogP) is 2.02. The maximum atomic E-state index is 12.2. The Balaban J connectivity index is 3.15. The van der Waals surface area contributed by atoms with E-state index in [1.165, 1.54) is 6.26 Å². The Morgan fingerprint density at radius 3 is 2.06 bits per heavy atom. The largest absolute Gasteiger partial charge is 0.416 e. The fourth-order valence-corrected chi connectivity index (χ4v) is 2.69. The average Bonchev–Trinajstić information content (AvgIpc) is 2.16. The van der Waals surface area contributed by atoms with Gasteiger partial charge in [0.2, 0.25) is 0 Å². The summed E-state index contributed by atoms with van der Waals surface area (Å²) in [5.74, 6) is 0. The molecule has 0 aliphatic heterocycles. The Bertz CT molecular complexity index is 491. The summed E-state index contributed by atoms with van der Waals surface area (Å²) in [6, 6.07) is 3.23. The number of halogens is 3. The first-order valence-corrected chi connectivity index (χ1v) is 6.74. The maximum absolute atomic E-state index is 12.2. The first-order valence-electron chi connectivity index (χ1n) is 4.01. The number of sulfonamides is 1. The summed E-state index contributed by atoms with van der Waals surface area (Å²) in [6.07, 6.45) is -2.97. The van der Waals surface area contributed by atoms with Crippen LogP contribution in [0.4, 0.5) is 13.2 Å². The molecule has 0 saturated carbocycles. The maximum Gasteiger partial charge on any atom is 0.416 e. The molecule has 0 aliphatic carbocycles. The van der Waals surface area contributed by atoms with E-state index in [1.807, 2.05) is 0 Å². The molecule has 0 N–H and O–H groups in total. The van der Waals surface area contributed by atoms with Crippen molar-refractivity contribution in [2.24, 2.45) is 3.77 Å². The van der Waals surface area contributed by atoms with Crippen LogP contribution in [0, 0.1) is 0 Å². The third-order valence-electron chi connectivity index (χ3n) is 1.67. The molecule has 90 valence electrons. The highest BCUT2D eigenvalue weighted by Crippen LogP contribution is 2.29. The number of hydrogen-bond donors (Lipinski definition) is 1. The van der Waals surface area contributed by atoms with Crippen LogP contribution in [0.3, 0.4) is 0 Å². The van der Waals surface area contributed by atoms with Crippen LogP contribution in [0.1, 0.15) is 5.56 Å². The highest BCUT2D eigenvalue weighted by atomic mass is 32.2.